The van der Waals surface area contributed by atoms with Crippen molar-refractivity contribution in [2.24, 2.45) is 0 Å². The van der Waals surface area contributed by atoms with Crippen molar-refractivity contribution in [3.8, 4) is 0 Å². The molecular weight excluding hydrogens is 178 g/mol. The maximum atomic E-state index is 12.1. The lowest BCUT2D eigenvalue weighted by molar-refractivity contribution is -0.125. The predicted molar refractivity (Wildman–Crippen MR) is 35.5 cm³/mol. The summed E-state index contributed by atoms with van der Waals surface area (Å²) in [6.07, 6.45) is -4.49. The van der Waals surface area contributed by atoms with Crippen molar-refractivity contribution < 1.29 is 22.7 Å². The Balaban J connectivity index is 3.61. The lowest BCUT2D eigenvalue weighted by Gasteiger charge is -2.16. The first-order chi connectivity index (χ1) is 5.36. The van der Waals surface area contributed by atoms with Crippen LogP contribution in [-0.4, -0.2) is 36.6 Å². The van der Waals surface area contributed by atoms with Crippen LogP contribution in [-0.2, 0) is 0 Å². The number of rotatable bonds is 5. The highest BCUT2D eigenvalue weighted by molar-refractivity contribution is 4.72. The SMILES string of the molecule is C[C@@H](O)CNCC(F)(F)C(F)F. The number of aliphatic hydroxyl groups is 1. The van der Waals surface area contributed by atoms with E-state index in [0.717, 1.165) is 0 Å². The van der Waals surface area contributed by atoms with Crippen molar-refractivity contribution in [1.82, 2.24) is 5.32 Å². The Morgan fingerprint density at radius 1 is 1.42 bits per heavy atom. The van der Waals surface area contributed by atoms with Gasteiger partial charge in [-0.2, -0.15) is 8.78 Å². The Hall–Kier alpha value is -0.360. The normalized spacial score (nSPS) is 15.2. The second-order valence-electron chi connectivity index (χ2n) is 2.54. The van der Waals surface area contributed by atoms with Gasteiger partial charge in [0.1, 0.15) is 0 Å². The molecule has 2 N–H and O–H groups in total. The summed E-state index contributed by atoms with van der Waals surface area (Å²) in [7, 11) is 0. The predicted octanol–water partition coefficient (Wildman–Crippen LogP) is 0.857. The van der Waals surface area contributed by atoms with Crippen molar-refractivity contribution in [1.29, 1.82) is 0 Å². The first-order valence-corrected chi connectivity index (χ1v) is 3.41. The van der Waals surface area contributed by atoms with Crippen LogP contribution in [0, 0.1) is 0 Å². The third kappa shape index (κ3) is 4.50. The fourth-order valence-corrected chi connectivity index (χ4v) is 0.525. The molecule has 12 heavy (non-hydrogen) atoms. The Labute approximate surface area is 67.6 Å². The van der Waals surface area contributed by atoms with Crippen molar-refractivity contribution in [3.63, 3.8) is 0 Å². The molecule has 0 aliphatic heterocycles. The van der Waals surface area contributed by atoms with Crippen LogP contribution in [0.1, 0.15) is 6.92 Å². The number of hydrogen-bond acceptors (Lipinski definition) is 2. The molecular formula is C6H11F4NO. The van der Waals surface area contributed by atoms with Gasteiger partial charge in [-0.25, -0.2) is 8.78 Å². The fraction of sp³-hybridized carbons (Fsp3) is 1.00. The van der Waals surface area contributed by atoms with Gasteiger partial charge in [-0.05, 0) is 6.92 Å². The molecule has 1 atom stereocenters. The molecule has 0 saturated heterocycles. The average Bonchev–Trinajstić information content (AvgIpc) is 1.85. The van der Waals surface area contributed by atoms with Crippen LogP contribution < -0.4 is 5.32 Å². The Kier molecular flexibility index (Phi) is 4.47. The smallest absolute Gasteiger partial charge is 0.319 e. The molecule has 0 aliphatic carbocycles. The summed E-state index contributed by atoms with van der Waals surface area (Å²) in [5.74, 6) is -4.02. The molecule has 0 aromatic carbocycles. The van der Waals surface area contributed by atoms with Crippen LogP contribution in [0.4, 0.5) is 17.6 Å². The van der Waals surface area contributed by atoms with Gasteiger partial charge in [0.15, 0.2) is 0 Å². The van der Waals surface area contributed by atoms with Gasteiger partial charge < -0.3 is 10.4 Å². The summed E-state index contributed by atoms with van der Waals surface area (Å²) in [4.78, 5) is 0. The molecule has 0 saturated carbocycles. The highest BCUT2D eigenvalue weighted by Gasteiger charge is 2.39. The molecule has 0 spiro atoms. The molecule has 0 aromatic rings. The summed E-state index contributed by atoms with van der Waals surface area (Å²) < 4.78 is 47.2. The van der Waals surface area contributed by atoms with Crippen LogP contribution in [0.15, 0.2) is 0 Å². The van der Waals surface area contributed by atoms with Gasteiger partial charge in [-0.3, -0.25) is 0 Å². The molecule has 2 nitrogen and oxygen atoms in total. The zero-order valence-corrected chi connectivity index (χ0v) is 6.53. The van der Waals surface area contributed by atoms with Crippen molar-refractivity contribution in [2.75, 3.05) is 13.1 Å². The number of hydrogen-bond donors (Lipinski definition) is 2. The van der Waals surface area contributed by atoms with Gasteiger partial charge in [-0.1, -0.05) is 0 Å². The monoisotopic (exact) mass is 189 g/mol. The lowest BCUT2D eigenvalue weighted by Crippen LogP contribution is -2.41. The molecule has 0 aliphatic rings. The Bertz CT molecular complexity index is 129. The van der Waals surface area contributed by atoms with Gasteiger partial charge in [0.05, 0.1) is 12.6 Å². The molecule has 0 heterocycles. The van der Waals surface area contributed by atoms with Crippen molar-refractivity contribution in [2.45, 2.75) is 25.4 Å². The van der Waals surface area contributed by atoms with E-state index in [4.69, 9.17) is 5.11 Å². The standard InChI is InChI=1S/C6H11F4NO/c1-4(12)2-11-3-6(9,10)5(7)8/h4-5,11-12H,2-3H2,1H3/t4-/m1/s1. The molecule has 74 valence electrons. The third-order valence-corrected chi connectivity index (χ3v) is 1.12. The van der Waals surface area contributed by atoms with Crippen LogP contribution in [0.2, 0.25) is 0 Å². The second kappa shape index (κ2) is 4.61. The van der Waals surface area contributed by atoms with E-state index >= 15 is 0 Å². The molecule has 0 bridgehead atoms. The van der Waals surface area contributed by atoms with E-state index in [-0.39, 0.29) is 6.54 Å². The van der Waals surface area contributed by atoms with Crippen LogP contribution in [0.3, 0.4) is 0 Å². The molecule has 0 unspecified atom stereocenters. The zero-order valence-electron chi connectivity index (χ0n) is 6.53. The van der Waals surface area contributed by atoms with Crippen molar-refractivity contribution in [3.05, 3.63) is 0 Å². The van der Waals surface area contributed by atoms with E-state index < -0.39 is 25.0 Å². The average molecular weight is 189 g/mol. The topological polar surface area (TPSA) is 32.3 Å². The van der Waals surface area contributed by atoms with E-state index in [9.17, 15) is 17.6 Å². The highest BCUT2D eigenvalue weighted by atomic mass is 19.3. The fourth-order valence-electron chi connectivity index (χ4n) is 0.525. The summed E-state index contributed by atoms with van der Waals surface area (Å²) >= 11 is 0. The van der Waals surface area contributed by atoms with Crippen LogP contribution >= 0.6 is 0 Å². The van der Waals surface area contributed by atoms with E-state index in [2.05, 4.69) is 0 Å². The van der Waals surface area contributed by atoms with E-state index in [1.807, 2.05) is 5.32 Å². The molecule has 0 amide bonds. The second-order valence-corrected chi connectivity index (χ2v) is 2.54. The maximum absolute atomic E-state index is 12.1. The van der Waals surface area contributed by atoms with Crippen molar-refractivity contribution >= 4 is 0 Å². The summed E-state index contributed by atoms with van der Waals surface area (Å²) in [6, 6.07) is 0. The first-order valence-electron chi connectivity index (χ1n) is 3.41. The number of aliphatic hydroxyl groups excluding tert-OH is 1. The minimum absolute atomic E-state index is 0.123. The summed E-state index contributed by atoms with van der Waals surface area (Å²) in [5, 5.41) is 10.6. The largest absolute Gasteiger partial charge is 0.392 e. The number of halogens is 4. The molecule has 6 heteroatoms. The van der Waals surface area contributed by atoms with Gasteiger partial charge in [-0.15, -0.1) is 0 Å². The summed E-state index contributed by atoms with van der Waals surface area (Å²) in [6.45, 7) is 0.130. The van der Waals surface area contributed by atoms with Gasteiger partial charge in [0.2, 0.25) is 0 Å². The Morgan fingerprint density at radius 3 is 2.25 bits per heavy atom. The van der Waals surface area contributed by atoms with Gasteiger partial charge >= 0.3 is 12.3 Å². The van der Waals surface area contributed by atoms with Gasteiger partial charge in [0.25, 0.3) is 0 Å². The molecule has 0 aromatic heterocycles. The zero-order chi connectivity index (χ0) is 9.78. The van der Waals surface area contributed by atoms with E-state index in [0.29, 0.717) is 0 Å². The number of nitrogens with one attached hydrogen (secondary N) is 1. The lowest BCUT2D eigenvalue weighted by atomic mass is 10.3. The Morgan fingerprint density at radius 2 is 1.92 bits per heavy atom. The van der Waals surface area contributed by atoms with E-state index in [1.54, 1.807) is 0 Å². The number of alkyl halides is 4. The minimum Gasteiger partial charge on any atom is -0.392 e. The molecule has 0 rings (SSSR count). The third-order valence-electron chi connectivity index (χ3n) is 1.12. The first kappa shape index (κ1) is 11.6. The maximum Gasteiger partial charge on any atom is 0.319 e. The van der Waals surface area contributed by atoms with Crippen LogP contribution in [0.25, 0.3) is 0 Å². The molecule has 0 fully saturated rings. The summed E-state index contributed by atoms with van der Waals surface area (Å²) in [5.41, 5.74) is 0. The molecule has 0 radical (unpaired) electrons. The highest BCUT2D eigenvalue weighted by Crippen LogP contribution is 2.21. The van der Waals surface area contributed by atoms with Gasteiger partial charge in [0, 0.05) is 6.54 Å². The minimum atomic E-state index is -4.02. The quantitative estimate of drug-likeness (QED) is 0.628. The van der Waals surface area contributed by atoms with Crippen LogP contribution in [0.5, 0.6) is 0 Å². The van der Waals surface area contributed by atoms with E-state index in [1.165, 1.54) is 6.92 Å².